The normalized spacial score (nSPS) is 3.20. The van der Waals surface area contributed by atoms with Crippen molar-refractivity contribution >= 4 is 11.6 Å². The number of hydrogen-bond acceptors (Lipinski definition) is 3. The van der Waals surface area contributed by atoms with Gasteiger partial charge in [-0.1, -0.05) is 0 Å². The van der Waals surface area contributed by atoms with Gasteiger partial charge in [0.2, 0.25) is 0 Å². The zero-order valence-corrected chi connectivity index (χ0v) is 2.90. The van der Waals surface area contributed by atoms with Crippen LogP contribution >= 0.6 is 0 Å². The van der Waals surface area contributed by atoms with E-state index in [-0.39, 0.29) is 0 Å². The van der Waals surface area contributed by atoms with Gasteiger partial charge in [0.1, 0.15) is 5.59 Å². The molecule has 29 valence electrons. The first kappa shape index (κ1) is 8.83. The van der Waals surface area contributed by atoms with Gasteiger partial charge in [-0.15, -0.1) is 4.91 Å². The number of nitroso groups, excluding NO2 is 1. The van der Waals surface area contributed by atoms with E-state index < -0.39 is 11.6 Å². The third kappa shape index (κ3) is 20.5. The SMILES string of the molecule is O=S=O.[N]=O. The van der Waals surface area contributed by atoms with E-state index in [1.807, 2.05) is 0 Å². The van der Waals surface area contributed by atoms with Crippen molar-refractivity contribution in [3.8, 4) is 0 Å². The first-order chi connectivity index (χ1) is 2.41. The van der Waals surface area contributed by atoms with E-state index in [4.69, 9.17) is 18.9 Å². The van der Waals surface area contributed by atoms with Gasteiger partial charge in [-0.3, -0.25) is 0 Å². The van der Waals surface area contributed by atoms with Crippen LogP contribution in [0.3, 0.4) is 0 Å². The van der Waals surface area contributed by atoms with Gasteiger partial charge in [0, 0.05) is 0 Å². The molecule has 0 bridgehead atoms. The van der Waals surface area contributed by atoms with E-state index in [1.165, 1.54) is 0 Å². The molecule has 0 aromatic heterocycles. The summed E-state index contributed by atoms with van der Waals surface area (Å²) < 4.78 is 16.6. The van der Waals surface area contributed by atoms with Crippen molar-refractivity contribution in [1.82, 2.24) is 5.59 Å². The lowest BCUT2D eigenvalue weighted by atomic mass is 13.8. The largest absolute Gasteiger partial charge is 0.335 e. The van der Waals surface area contributed by atoms with E-state index in [1.54, 1.807) is 0 Å². The molecule has 0 unspecified atom stereocenters. The van der Waals surface area contributed by atoms with Gasteiger partial charge in [-0.25, -0.2) is 0 Å². The number of nitrogens with zero attached hydrogens (tertiary/aromatic N) is 1. The third-order valence-corrected chi connectivity index (χ3v) is 0. The van der Waals surface area contributed by atoms with E-state index in [0.717, 1.165) is 0 Å². The second kappa shape index (κ2) is 114. The Kier molecular flexibility index (Phi) is 200. The van der Waals surface area contributed by atoms with Crippen LogP contribution in [-0.2, 0) is 11.6 Å². The first-order valence-corrected chi connectivity index (χ1v) is 1.18. The first-order valence-electron chi connectivity index (χ1n) is 0.516. The maximum Gasteiger partial charge on any atom is 0.335 e. The average Bonchev–Trinajstić information content (AvgIpc) is 1.46. The minimum absolute atomic E-state index is 0.750. The van der Waals surface area contributed by atoms with Crippen molar-refractivity contribution in [3.63, 3.8) is 0 Å². The summed E-state index contributed by atoms with van der Waals surface area (Å²) in [7, 11) is 0. The second-order valence-electron chi connectivity index (χ2n) is 0.0680. The molecule has 0 aliphatic heterocycles. The van der Waals surface area contributed by atoms with Gasteiger partial charge < -0.3 is 0 Å². The van der Waals surface area contributed by atoms with Crippen molar-refractivity contribution in [2.75, 3.05) is 0 Å². The smallest absolute Gasteiger partial charge is 0.168 e. The highest BCUT2D eigenvalue weighted by atomic mass is 32.1. The monoisotopic (exact) mass is 94.0 g/mol. The highest BCUT2D eigenvalue weighted by Gasteiger charge is 1.12. The number of hydrogen-bond donors (Lipinski definition) is 0. The van der Waals surface area contributed by atoms with Crippen LogP contribution < -0.4 is 5.59 Å². The van der Waals surface area contributed by atoms with Gasteiger partial charge >= 0.3 is 11.6 Å². The van der Waals surface area contributed by atoms with Gasteiger partial charge in [0.25, 0.3) is 0 Å². The molecule has 0 aromatic carbocycles. The van der Waals surface area contributed by atoms with Crippen LogP contribution in [0.2, 0.25) is 0 Å². The van der Waals surface area contributed by atoms with Crippen molar-refractivity contribution < 1.29 is 8.42 Å². The summed E-state index contributed by atoms with van der Waals surface area (Å²) in [5.41, 5.74) is 5.75. The molecule has 0 fully saturated rings. The maximum absolute atomic E-state index is 8.29. The minimum atomic E-state index is -0.750. The molecule has 0 aliphatic rings. The van der Waals surface area contributed by atoms with E-state index >= 15 is 0 Å². The molecular weight excluding hydrogens is 94.1 g/mol. The summed E-state index contributed by atoms with van der Waals surface area (Å²) in [5.74, 6) is 0. The van der Waals surface area contributed by atoms with Crippen molar-refractivity contribution in [2.45, 2.75) is 0 Å². The molecule has 0 aromatic rings. The van der Waals surface area contributed by atoms with Gasteiger partial charge in [-0.05, 0) is 0 Å². The highest BCUT2D eigenvalue weighted by molar-refractivity contribution is 7.51. The number of rotatable bonds is 0. The highest BCUT2D eigenvalue weighted by Crippen LogP contribution is 0.846. The molecule has 0 spiro atoms. The Morgan fingerprint density at radius 2 is 1.20 bits per heavy atom. The molecule has 5 heteroatoms. The molecule has 1 radical (unpaired) electrons. The molecule has 0 amide bonds. The maximum atomic E-state index is 8.29. The van der Waals surface area contributed by atoms with Crippen molar-refractivity contribution in [3.05, 3.63) is 4.91 Å². The Morgan fingerprint density at radius 3 is 1.20 bits per heavy atom. The molecule has 0 saturated heterocycles. The van der Waals surface area contributed by atoms with Crippen LogP contribution in [0.15, 0.2) is 0 Å². The molecule has 0 atom stereocenters. The summed E-state index contributed by atoms with van der Waals surface area (Å²) in [4.78, 5) is 7.25. The molecule has 5 heavy (non-hydrogen) atoms. The lowest BCUT2D eigenvalue weighted by molar-refractivity contribution is 0.630. The lowest BCUT2D eigenvalue weighted by Crippen LogP contribution is -1.18. The fourth-order valence-electron chi connectivity index (χ4n) is 0. The standard InChI is InChI=1S/NO.O2S/c1-2;1-3-2. The average molecular weight is 94.1 g/mol. The van der Waals surface area contributed by atoms with E-state index in [9.17, 15) is 0 Å². The molecule has 0 aliphatic carbocycles. The lowest BCUT2D eigenvalue weighted by Gasteiger charge is -0.947. The predicted octanol–water partition coefficient (Wildman–Crippen LogP) is -1.12. The predicted molar refractivity (Wildman–Crippen MR) is 14.4 cm³/mol. The van der Waals surface area contributed by atoms with Crippen LogP contribution in [0.4, 0.5) is 0 Å². The topological polar surface area (TPSA) is 73.5 Å². The minimum Gasteiger partial charge on any atom is -0.168 e. The Hall–Kier alpha value is -0.580. The Bertz CT molecular complexity index is 36.2. The molecule has 0 N–H and O–H groups in total. The van der Waals surface area contributed by atoms with Gasteiger partial charge in [0.05, 0.1) is 0 Å². The van der Waals surface area contributed by atoms with Gasteiger partial charge in [0.15, 0.2) is 0 Å². The summed E-state index contributed by atoms with van der Waals surface area (Å²) in [6.07, 6.45) is 0. The fraction of sp³-hybridized carbons (Fsp3) is 0. The molecule has 4 nitrogen and oxygen atoms in total. The quantitative estimate of drug-likeness (QED) is 0.381. The van der Waals surface area contributed by atoms with Gasteiger partial charge in [-0.2, -0.15) is 8.42 Å². The molecule has 0 rings (SSSR count). The Balaban J connectivity index is 0. The van der Waals surface area contributed by atoms with Crippen LogP contribution in [-0.4, -0.2) is 8.42 Å². The summed E-state index contributed by atoms with van der Waals surface area (Å²) >= 11 is -0.750. The van der Waals surface area contributed by atoms with E-state index in [2.05, 4.69) is 0 Å². The zero-order valence-electron chi connectivity index (χ0n) is 2.08. The van der Waals surface area contributed by atoms with E-state index in [0.29, 0.717) is 0 Å². The Labute approximate surface area is 31.6 Å². The van der Waals surface area contributed by atoms with Crippen LogP contribution in [0, 0.1) is 4.91 Å². The van der Waals surface area contributed by atoms with Crippen LogP contribution in [0.25, 0.3) is 0 Å². The van der Waals surface area contributed by atoms with Crippen LogP contribution in [0.5, 0.6) is 0 Å². The molecular formula is NO3S. The summed E-state index contributed by atoms with van der Waals surface area (Å²) in [6, 6.07) is 0. The Morgan fingerprint density at radius 1 is 1.20 bits per heavy atom. The fourth-order valence-corrected chi connectivity index (χ4v) is 0. The molecule has 0 saturated carbocycles. The van der Waals surface area contributed by atoms with Crippen molar-refractivity contribution in [1.29, 1.82) is 0 Å². The van der Waals surface area contributed by atoms with Crippen molar-refractivity contribution in [2.24, 2.45) is 0 Å². The van der Waals surface area contributed by atoms with Crippen LogP contribution in [0.1, 0.15) is 0 Å². The third-order valence-electron chi connectivity index (χ3n) is 0. The summed E-state index contributed by atoms with van der Waals surface area (Å²) in [6.45, 7) is 0. The molecule has 0 heterocycles. The summed E-state index contributed by atoms with van der Waals surface area (Å²) in [5, 5.41) is 0. The second-order valence-corrected chi connectivity index (χ2v) is 0.204. The zero-order chi connectivity index (χ0) is 4.71.